The summed E-state index contributed by atoms with van der Waals surface area (Å²) >= 11 is 9.12. The van der Waals surface area contributed by atoms with Gasteiger partial charge < -0.3 is 5.32 Å². The molecule has 0 aromatic heterocycles. The Labute approximate surface area is 134 Å². The van der Waals surface area contributed by atoms with Crippen molar-refractivity contribution in [2.75, 3.05) is 5.32 Å². The fourth-order valence-corrected chi connectivity index (χ4v) is 2.37. The normalized spacial score (nSPS) is 10.0. The number of benzene rings is 2. The quantitative estimate of drug-likeness (QED) is 0.879. The number of carbonyl (C=O) groups excluding carboxylic acids is 1. The van der Waals surface area contributed by atoms with Crippen molar-refractivity contribution in [2.45, 2.75) is 6.42 Å². The monoisotopic (exact) mass is 366 g/mol. The van der Waals surface area contributed by atoms with Gasteiger partial charge in [0.2, 0.25) is 5.91 Å². The van der Waals surface area contributed by atoms with Crippen molar-refractivity contribution < 1.29 is 9.18 Å². The molecule has 2 aromatic rings. The van der Waals surface area contributed by atoms with Crippen LogP contribution < -0.4 is 5.32 Å². The lowest BCUT2D eigenvalue weighted by molar-refractivity contribution is -0.115. The average Bonchev–Trinajstić information content (AvgIpc) is 2.45. The van der Waals surface area contributed by atoms with Crippen LogP contribution in [0.15, 0.2) is 40.9 Å². The van der Waals surface area contributed by atoms with Crippen molar-refractivity contribution in [2.24, 2.45) is 0 Å². The molecule has 2 rings (SSSR count). The van der Waals surface area contributed by atoms with Crippen molar-refractivity contribution >= 4 is 39.1 Å². The highest BCUT2D eigenvalue weighted by molar-refractivity contribution is 9.10. The first kappa shape index (κ1) is 15.5. The topological polar surface area (TPSA) is 52.9 Å². The molecule has 0 fully saturated rings. The van der Waals surface area contributed by atoms with E-state index in [0.29, 0.717) is 11.3 Å². The fraction of sp³-hybridized carbons (Fsp3) is 0.0667. The molecule has 0 aliphatic heterocycles. The lowest BCUT2D eigenvalue weighted by Crippen LogP contribution is -2.16. The zero-order valence-corrected chi connectivity index (χ0v) is 13.0. The van der Waals surface area contributed by atoms with Gasteiger partial charge in [0.15, 0.2) is 0 Å². The number of anilines is 1. The first-order valence-corrected chi connectivity index (χ1v) is 7.10. The summed E-state index contributed by atoms with van der Waals surface area (Å²) in [4.78, 5) is 12.0. The maximum Gasteiger partial charge on any atom is 0.228 e. The fourth-order valence-electron chi connectivity index (χ4n) is 1.77. The van der Waals surface area contributed by atoms with Crippen molar-refractivity contribution in [3.05, 3.63) is 62.8 Å². The second kappa shape index (κ2) is 6.70. The summed E-state index contributed by atoms with van der Waals surface area (Å²) in [5.41, 5.74) is 0.822. The van der Waals surface area contributed by atoms with Crippen molar-refractivity contribution in [1.82, 2.24) is 0 Å². The van der Waals surface area contributed by atoms with Gasteiger partial charge >= 0.3 is 0 Å². The van der Waals surface area contributed by atoms with E-state index in [1.54, 1.807) is 18.2 Å². The molecule has 3 nitrogen and oxygen atoms in total. The first-order chi connectivity index (χ1) is 10.0. The van der Waals surface area contributed by atoms with E-state index in [2.05, 4.69) is 21.2 Å². The van der Waals surface area contributed by atoms with Gasteiger partial charge in [-0.1, -0.05) is 33.6 Å². The Kier molecular flexibility index (Phi) is 4.94. The van der Waals surface area contributed by atoms with Gasteiger partial charge in [0, 0.05) is 15.1 Å². The van der Waals surface area contributed by atoms with E-state index in [9.17, 15) is 9.18 Å². The highest BCUT2D eigenvalue weighted by Crippen LogP contribution is 2.22. The Morgan fingerprint density at radius 3 is 2.81 bits per heavy atom. The molecule has 0 bridgehead atoms. The zero-order chi connectivity index (χ0) is 15.4. The van der Waals surface area contributed by atoms with Crippen LogP contribution >= 0.6 is 27.5 Å². The van der Waals surface area contributed by atoms with Gasteiger partial charge in [0.1, 0.15) is 11.9 Å². The lowest BCUT2D eigenvalue weighted by atomic mass is 10.1. The van der Waals surface area contributed by atoms with E-state index in [1.165, 1.54) is 18.2 Å². The Hall–Kier alpha value is -1.90. The Bertz CT molecular complexity index is 723. The summed E-state index contributed by atoms with van der Waals surface area (Å²) < 4.78 is 14.4. The Balaban J connectivity index is 2.18. The van der Waals surface area contributed by atoms with Gasteiger partial charge in [0.25, 0.3) is 0 Å². The minimum Gasteiger partial charge on any atom is -0.325 e. The van der Waals surface area contributed by atoms with Crippen molar-refractivity contribution in [3.63, 3.8) is 0 Å². The number of halogens is 3. The number of rotatable bonds is 3. The molecule has 1 N–H and O–H groups in total. The highest BCUT2D eigenvalue weighted by atomic mass is 79.9. The third kappa shape index (κ3) is 3.81. The van der Waals surface area contributed by atoms with Gasteiger partial charge in [-0.05, 0) is 30.3 Å². The molecule has 106 valence electrons. The van der Waals surface area contributed by atoms with Crippen molar-refractivity contribution in [1.29, 1.82) is 5.26 Å². The SMILES string of the molecule is N#Cc1cc(Br)ccc1NC(=O)Cc1c(F)cccc1Cl. The third-order valence-corrected chi connectivity index (χ3v) is 3.62. The minimum atomic E-state index is -0.533. The van der Waals surface area contributed by atoms with Crippen LogP contribution in [0.25, 0.3) is 0 Å². The van der Waals surface area contributed by atoms with Crippen LogP contribution in [0.5, 0.6) is 0 Å². The van der Waals surface area contributed by atoms with Crippen molar-refractivity contribution in [3.8, 4) is 6.07 Å². The molecule has 0 spiro atoms. The van der Waals surface area contributed by atoms with Gasteiger partial charge in [-0.15, -0.1) is 0 Å². The standard InChI is InChI=1S/C15H9BrClFN2O/c16-10-4-5-14(9(6-10)8-19)20-15(21)7-11-12(17)2-1-3-13(11)18/h1-6H,7H2,(H,20,21). The molecule has 6 heteroatoms. The highest BCUT2D eigenvalue weighted by Gasteiger charge is 2.13. The molecule has 0 saturated heterocycles. The van der Waals surface area contributed by atoms with E-state index in [-0.39, 0.29) is 17.0 Å². The second-order valence-electron chi connectivity index (χ2n) is 4.23. The van der Waals surface area contributed by atoms with E-state index in [1.807, 2.05) is 6.07 Å². The van der Waals surface area contributed by atoms with E-state index in [0.717, 1.165) is 4.47 Å². The molecule has 0 heterocycles. The molecular formula is C15H9BrClFN2O. The van der Waals surface area contributed by atoms with E-state index < -0.39 is 11.7 Å². The van der Waals surface area contributed by atoms with Crippen LogP contribution in [-0.2, 0) is 11.2 Å². The van der Waals surface area contributed by atoms with Gasteiger partial charge in [0.05, 0.1) is 17.7 Å². The summed E-state index contributed by atoms with van der Waals surface area (Å²) in [5.74, 6) is -0.977. The Morgan fingerprint density at radius 1 is 1.38 bits per heavy atom. The zero-order valence-electron chi connectivity index (χ0n) is 10.7. The second-order valence-corrected chi connectivity index (χ2v) is 5.55. The summed E-state index contributed by atoms with van der Waals surface area (Å²) in [6, 6.07) is 11.1. The van der Waals surface area contributed by atoms with Crippen LogP contribution in [0.2, 0.25) is 5.02 Å². The summed E-state index contributed by atoms with van der Waals surface area (Å²) in [7, 11) is 0. The largest absolute Gasteiger partial charge is 0.325 e. The third-order valence-electron chi connectivity index (χ3n) is 2.78. The maximum atomic E-state index is 13.6. The number of carbonyl (C=O) groups is 1. The summed E-state index contributed by atoms with van der Waals surface area (Å²) in [6.45, 7) is 0. The van der Waals surface area contributed by atoms with E-state index in [4.69, 9.17) is 16.9 Å². The molecule has 21 heavy (non-hydrogen) atoms. The van der Waals surface area contributed by atoms with E-state index >= 15 is 0 Å². The molecule has 2 aromatic carbocycles. The number of nitriles is 1. The molecular weight excluding hydrogens is 359 g/mol. The number of hydrogen-bond acceptors (Lipinski definition) is 2. The number of amides is 1. The first-order valence-electron chi connectivity index (χ1n) is 5.93. The van der Waals surface area contributed by atoms with Gasteiger partial charge in [-0.3, -0.25) is 4.79 Å². The van der Waals surface area contributed by atoms with Crippen LogP contribution in [0.4, 0.5) is 10.1 Å². The maximum absolute atomic E-state index is 13.6. The Morgan fingerprint density at radius 2 is 2.14 bits per heavy atom. The molecule has 0 atom stereocenters. The van der Waals surface area contributed by atoms with Gasteiger partial charge in [-0.2, -0.15) is 5.26 Å². The predicted octanol–water partition coefficient (Wildman–Crippen LogP) is 4.29. The molecule has 0 aliphatic carbocycles. The number of nitrogens with one attached hydrogen (secondary N) is 1. The smallest absolute Gasteiger partial charge is 0.228 e. The molecule has 1 amide bonds. The van der Waals surface area contributed by atoms with Crippen LogP contribution in [0.1, 0.15) is 11.1 Å². The van der Waals surface area contributed by atoms with Crippen LogP contribution in [0, 0.1) is 17.1 Å². The molecule has 0 unspecified atom stereocenters. The summed E-state index contributed by atoms with van der Waals surface area (Å²) in [5, 5.41) is 11.8. The number of hydrogen-bond donors (Lipinski definition) is 1. The minimum absolute atomic E-state index is 0.132. The lowest BCUT2D eigenvalue weighted by Gasteiger charge is -2.09. The van der Waals surface area contributed by atoms with Gasteiger partial charge in [-0.25, -0.2) is 4.39 Å². The molecule has 0 radical (unpaired) electrons. The average molecular weight is 368 g/mol. The van der Waals surface area contributed by atoms with Crippen LogP contribution in [-0.4, -0.2) is 5.91 Å². The summed E-state index contributed by atoms with van der Waals surface area (Å²) in [6.07, 6.45) is -0.202. The van der Waals surface area contributed by atoms with Crippen LogP contribution in [0.3, 0.4) is 0 Å². The molecule has 0 saturated carbocycles. The molecule has 0 aliphatic rings. The number of nitrogens with zero attached hydrogens (tertiary/aromatic N) is 1. The predicted molar refractivity (Wildman–Crippen MR) is 82.6 cm³/mol.